The second-order valence-electron chi connectivity index (χ2n) is 6.67. The summed E-state index contributed by atoms with van der Waals surface area (Å²) in [4.78, 5) is 48.3. The SMILES string of the molecule is CN(C)C(=O)c1ccc(NC(=O)COC(=O)c2cc3c(cc2[N+](=O)[O-])OCCO3)cc1. The van der Waals surface area contributed by atoms with Gasteiger partial charge in [-0.1, -0.05) is 0 Å². The summed E-state index contributed by atoms with van der Waals surface area (Å²) in [5.41, 5.74) is -0.0357. The minimum absolute atomic E-state index is 0.156. The van der Waals surface area contributed by atoms with Crippen LogP contribution in [0.5, 0.6) is 11.5 Å². The lowest BCUT2D eigenvalue weighted by molar-refractivity contribution is -0.385. The van der Waals surface area contributed by atoms with Gasteiger partial charge in [0, 0.05) is 31.4 Å². The molecular formula is C20H19N3O8. The van der Waals surface area contributed by atoms with Crippen LogP contribution in [0.4, 0.5) is 11.4 Å². The van der Waals surface area contributed by atoms with Gasteiger partial charge in [0.25, 0.3) is 17.5 Å². The zero-order chi connectivity index (χ0) is 22.5. The molecule has 11 heteroatoms. The molecule has 0 aliphatic carbocycles. The number of nitrogens with one attached hydrogen (secondary N) is 1. The fourth-order valence-corrected chi connectivity index (χ4v) is 2.75. The zero-order valence-electron chi connectivity index (χ0n) is 16.7. The van der Waals surface area contributed by atoms with E-state index in [1.807, 2.05) is 0 Å². The van der Waals surface area contributed by atoms with E-state index in [2.05, 4.69) is 5.32 Å². The van der Waals surface area contributed by atoms with Crippen LogP contribution in [-0.2, 0) is 9.53 Å². The largest absolute Gasteiger partial charge is 0.486 e. The molecule has 0 unspecified atom stereocenters. The molecule has 1 N–H and O–H groups in total. The molecule has 0 atom stereocenters. The first-order chi connectivity index (χ1) is 14.8. The van der Waals surface area contributed by atoms with E-state index < -0.39 is 29.1 Å². The highest BCUT2D eigenvalue weighted by Crippen LogP contribution is 2.36. The number of nitro benzene ring substituents is 1. The highest BCUT2D eigenvalue weighted by Gasteiger charge is 2.27. The van der Waals surface area contributed by atoms with E-state index in [-0.39, 0.29) is 36.2 Å². The molecule has 0 saturated heterocycles. The molecule has 1 heterocycles. The third kappa shape index (κ3) is 5.07. The number of ether oxygens (including phenoxy) is 3. The lowest BCUT2D eigenvalue weighted by Crippen LogP contribution is -2.23. The van der Waals surface area contributed by atoms with Crippen molar-refractivity contribution in [2.75, 3.05) is 39.2 Å². The molecule has 0 aromatic heterocycles. The van der Waals surface area contributed by atoms with E-state index in [1.165, 1.54) is 17.0 Å². The maximum absolute atomic E-state index is 12.4. The number of carbonyl (C=O) groups is 3. The Kier molecular flexibility index (Phi) is 6.34. The third-order valence-corrected chi connectivity index (χ3v) is 4.23. The highest BCUT2D eigenvalue weighted by atomic mass is 16.6. The predicted molar refractivity (Wildman–Crippen MR) is 107 cm³/mol. The summed E-state index contributed by atoms with van der Waals surface area (Å²) in [6.45, 7) is -0.193. The Morgan fingerprint density at radius 1 is 1.10 bits per heavy atom. The topological polar surface area (TPSA) is 137 Å². The Morgan fingerprint density at radius 3 is 2.29 bits per heavy atom. The first-order valence-electron chi connectivity index (χ1n) is 9.13. The normalized spacial score (nSPS) is 11.9. The summed E-state index contributed by atoms with van der Waals surface area (Å²) in [7, 11) is 3.25. The van der Waals surface area contributed by atoms with Crippen molar-refractivity contribution in [2.24, 2.45) is 0 Å². The van der Waals surface area contributed by atoms with Crippen molar-refractivity contribution < 1.29 is 33.5 Å². The Balaban J connectivity index is 1.63. The summed E-state index contributed by atoms with van der Waals surface area (Å²) in [6, 6.07) is 8.39. The molecule has 0 spiro atoms. The molecule has 0 fully saturated rings. The average molecular weight is 429 g/mol. The van der Waals surface area contributed by atoms with Gasteiger partial charge in [0.05, 0.1) is 11.0 Å². The number of esters is 1. The number of amides is 2. The molecule has 3 rings (SSSR count). The molecule has 31 heavy (non-hydrogen) atoms. The maximum atomic E-state index is 12.4. The number of hydrogen-bond acceptors (Lipinski definition) is 8. The molecule has 1 aliphatic rings. The Morgan fingerprint density at radius 2 is 1.71 bits per heavy atom. The fraction of sp³-hybridized carbons (Fsp3) is 0.250. The number of nitro groups is 1. The number of fused-ring (bicyclic) bond motifs is 1. The van der Waals surface area contributed by atoms with Crippen molar-refractivity contribution in [1.29, 1.82) is 0 Å². The molecular weight excluding hydrogens is 410 g/mol. The van der Waals surface area contributed by atoms with Gasteiger partial charge in [-0.05, 0) is 24.3 Å². The van der Waals surface area contributed by atoms with Crippen LogP contribution in [0.1, 0.15) is 20.7 Å². The summed E-state index contributed by atoms with van der Waals surface area (Å²) in [5, 5.41) is 13.8. The molecule has 2 aromatic rings. The van der Waals surface area contributed by atoms with Gasteiger partial charge in [0.15, 0.2) is 18.1 Å². The van der Waals surface area contributed by atoms with Crippen molar-refractivity contribution >= 4 is 29.2 Å². The van der Waals surface area contributed by atoms with Gasteiger partial charge >= 0.3 is 5.97 Å². The van der Waals surface area contributed by atoms with Crippen LogP contribution in [0.2, 0.25) is 0 Å². The zero-order valence-corrected chi connectivity index (χ0v) is 16.7. The summed E-state index contributed by atoms with van der Waals surface area (Å²) in [5.74, 6) is -1.55. The monoisotopic (exact) mass is 429 g/mol. The van der Waals surface area contributed by atoms with Crippen LogP contribution in [0.3, 0.4) is 0 Å². The molecule has 0 radical (unpaired) electrons. The Hall–Kier alpha value is -4.15. The molecule has 11 nitrogen and oxygen atoms in total. The second kappa shape index (κ2) is 9.11. The predicted octanol–water partition coefficient (Wildman–Crippen LogP) is 1.86. The first kappa shape index (κ1) is 21.6. The van der Waals surface area contributed by atoms with Crippen LogP contribution in [-0.4, -0.2) is 61.5 Å². The fourth-order valence-electron chi connectivity index (χ4n) is 2.75. The van der Waals surface area contributed by atoms with Crippen molar-refractivity contribution in [3.8, 4) is 11.5 Å². The van der Waals surface area contributed by atoms with E-state index in [0.29, 0.717) is 11.3 Å². The standard InChI is InChI=1S/C20H19N3O8/c1-22(2)19(25)12-3-5-13(6-4-12)21-18(24)11-31-20(26)14-9-16-17(30-8-7-29-16)10-15(14)23(27)28/h3-6,9-10H,7-8,11H2,1-2H3,(H,21,24). The Labute approximate surface area is 176 Å². The molecule has 0 bridgehead atoms. The number of benzene rings is 2. The van der Waals surface area contributed by atoms with Crippen LogP contribution >= 0.6 is 0 Å². The molecule has 2 amide bonds. The van der Waals surface area contributed by atoms with Crippen molar-refractivity contribution in [2.45, 2.75) is 0 Å². The third-order valence-electron chi connectivity index (χ3n) is 4.23. The van der Waals surface area contributed by atoms with E-state index >= 15 is 0 Å². The van der Waals surface area contributed by atoms with E-state index in [9.17, 15) is 24.5 Å². The lowest BCUT2D eigenvalue weighted by atomic mass is 10.1. The summed E-state index contributed by atoms with van der Waals surface area (Å²) >= 11 is 0. The quantitative estimate of drug-likeness (QED) is 0.417. The van der Waals surface area contributed by atoms with Crippen LogP contribution in [0.15, 0.2) is 36.4 Å². The summed E-state index contributed by atoms with van der Waals surface area (Å²) in [6.07, 6.45) is 0. The van der Waals surface area contributed by atoms with Crippen molar-refractivity contribution in [1.82, 2.24) is 4.90 Å². The Bertz CT molecular complexity index is 1030. The van der Waals surface area contributed by atoms with Crippen molar-refractivity contribution in [3.05, 3.63) is 57.6 Å². The van der Waals surface area contributed by atoms with Crippen LogP contribution in [0, 0.1) is 10.1 Å². The van der Waals surface area contributed by atoms with Crippen LogP contribution < -0.4 is 14.8 Å². The summed E-state index contributed by atoms with van der Waals surface area (Å²) < 4.78 is 15.5. The van der Waals surface area contributed by atoms with Crippen LogP contribution in [0.25, 0.3) is 0 Å². The number of nitrogens with zero attached hydrogens (tertiary/aromatic N) is 2. The number of rotatable bonds is 6. The van der Waals surface area contributed by atoms with E-state index in [0.717, 1.165) is 12.1 Å². The molecule has 1 aliphatic heterocycles. The number of hydrogen-bond donors (Lipinski definition) is 1. The highest BCUT2D eigenvalue weighted by molar-refractivity contribution is 5.99. The van der Waals surface area contributed by atoms with Gasteiger partial charge in [-0.3, -0.25) is 19.7 Å². The first-order valence-corrected chi connectivity index (χ1v) is 9.13. The molecule has 0 saturated carbocycles. The second-order valence-corrected chi connectivity index (χ2v) is 6.67. The average Bonchev–Trinajstić information content (AvgIpc) is 2.76. The van der Waals surface area contributed by atoms with Gasteiger partial charge in [0.1, 0.15) is 18.8 Å². The number of anilines is 1. The van der Waals surface area contributed by atoms with Gasteiger partial charge in [0.2, 0.25) is 0 Å². The van der Waals surface area contributed by atoms with E-state index in [4.69, 9.17) is 14.2 Å². The van der Waals surface area contributed by atoms with Gasteiger partial charge in [-0.2, -0.15) is 0 Å². The minimum Gasteiger partial charge on any atom is -0.486 e. The number of carbonyl (C=O) groups excluding carboxylic acids is 3. The smallest absolute Gasteiger partial charge is 0.345 e. The van der Waals surface area contributed by atoms with Crippen molar-refractivity contribution in [3.63, 3.8) is 0 Å². The van der Waals surface area contributed by atoms with Gasteiger partial charge < -0.3 is 24.4 Å². The van der Waals surface area contributed by atoms with Gasteiger partial charge in [-0.15, -0.1) is 0 Å². The minimum atomic E-state index is -1.05. The lowest BCUT2D eigenvalue weighted by Gasteiger charge is -2.18. The van der Waals surface area contributed by atoms with Gasteiger partial charge in [-0.25, -0.2) is 4.79 Å². The molecule has 162 valence electrons. The maximum Gasteiger partial charge on any atom is 0.345 e. The molecule has 2 aromatic carbocycles. The van der Waals surface area contributed by atoms with E-state index in [1.54, 1.807) is 26.2 Å².